The molecule has 1 aliphatic carbocycles. The molecule has 110 valence electrons. The SMILES string of the molecule is O=C1N[C@@]2([C@H](O)C3C=CCCC3)C(=O)O[C@H]2[C@H]1CCCl. The van der Waals surface area contributed by atoms with E-state index in [0.29, 0.717) is 12.3 Å². The van der Waals surface area contributed by atoms with Gasteiger partial charge in [0, 0.05) is 11.8 Å². The van der Waals surface area contributed by atoms with E-state index in [4.69, 9.17) is 16.3 Å². The Morgan fingerprint density at radius 1 is 1.55 bits per heavy atom. The molecule has 5 nitrogen and oxygen atoms in total. The first-order chi connectivity index (χ1) is 9.61. The fourth-order valence-electron chi connectivity index (χ4n) is 3.52. The van der Waals surface area contributed by atoms with Crippen LogP contribution in [0.15, 0.2) is 12.2 Å². The maximum atomic E-state index is 12.0. The van der Waals surface area contributed by atoms with E-state index in [1.54, 1.807) is 0 Å². The summed E-state index contributed by atoms with van der Waals surface area (Å²) in [6.45, 7) is 0. The van der Waals surface area contributed by atoms with E-state index in [9.17, 15) is 14.7 Å². The summed E-state index contributed by atoms with van der Waals surface area (Å²) in [6, 6.07) is 0. The minimum Gasteiger partial charge on any atom is -0.456 e. The van der Waals surface area contributed by atoms with Crippen molar-refractivity contribution in [3.05, 3.63) is 12.2 Å². The van der Waals surface area contributed by atoms with E-state index in [0.717, 1.165) is 19.3 Å². The number of halogens is 1. The molecule has 0 aromatic heterocycles. The van der Waals surface area contributed by atoms with E-state index < -0.39 is 29.6 Å². The summed E-state index contributed by atoms with van der Waals surface area (Å²) >= 11 is 5.70. The van der Waals surface area contributed by atoms with Crippen molar-refractivity contribution in [3.63, 3.8) is 0 Å². The van der Waals surface area contributed by atoms with Crippen LogP contribution in [0.2, 0.25) is 0 Å². The lowest BCUT2D eigenvalue weighted by Crippen LogP contribution is -2.74. The Labute approximate surface area is 122 Å². The molecule has 0 bridgehead atoms. The van der Waals surface area contributed by atoms with Crippen molar-refractivity contribution in [2.45, 2.75) is 43.4 Å². The van der Waals surface area contributed by atoms with E-state index >= 15 is 0 Å². The molecule has 0 aromatic carbocycles. The number of rotatable bonds is 4. The Bertz CT molecular complexity index is 466. The minimum atomic E-state index is -1.26. The van der Waals surface area contributed by atoms with Gasteiger partial charge in [-0.2, -0.15) is 0 Å². The Balaban J connectivity index is 1.86. The van der Waals surface area contributed by atoms with E-state index in [2.05, 4.69) is 5.32 Å². The molecule has 1 amide bonds. The van der Waals surface area contributed by atoms with Crippen molar-refractivity contribution >= 4 is 23.5 Å². The third kappa shape index (κ3) is 1.79. The van der Waals surface area contributed by atoms with E-state index in [1.165, 1.54) is 0 Å². The molecule has 5 atom stereocenters. The molecule has 1 unspecified atom stereocenters. The Morgan fingerprint density at radius 2 is 2.35 bits per heavy atom. The molecule has 0 spiro atoms. The number of hydrogen-bond donors (Lipinski definition) is 2. The van der Waals surface area contributed by atoms with Gasteiger partial charge >= 0.3 is 5.97 Å². The zero-order chi connectivity index (χ0) is 14.3. The van der Waals surface area contributed by atoms with Gasteiger partial charge in [0.25, 0.3) is 0 Å². The Hall–Kier alpha value is -1.07. The number of alkyl halides is 1. The van der Waals surface area contributed by atoms with Crippen LogP contribution in [-0.4, -0.2) is 40.6 Å². The molecular formula is C14H18ClNO4. The molecule has 2 heterocycles. The largest absolute Gasteiger partial charge is 0.456 e. The summed E-state index contributed by atoms with van der Waals surface area (Å²) in [5.41, 5.74) is -1.26. The number of aliphatic hydroxyl groups is 1. The first kappa shape index (κ1) is 13.9. The van der Waals surface area contributed by atoms with Gasteiger partial charge in [-0.15, -0.1) is 11.6 Å². The zero-order valence-corrected chi connectivity index (χ0v) is 11.8. The topological polar surface area (TPSA) is 75.6 Å². The maximum Gasteiger partial charge on any atom is 0.339 e. The number of aliphatic hydroxyl groups excluding tert-OH is 1. The van der Waals surface area contributed by atoms with E-state index in [1.807, 2.05) is 12.2 Å². The summed E-state index contributed by atoms with van der Waals surface area (Å²) in [7, 11) is 0. The van der Waals surface area contributed by atoms with Crippen molar-refractivity contribution in [2.24, 2.45) is 11.8 Å². The molecular weight excluding hydrogens is 282 g/mol. The van der Waals surface area contributed by atoms with Crippen LogP contribution >= 0.6 is 11.6 Å². The monoisotopic (exact) mass is 299 g/mol. The lowest BCUT2D eigenvalue weighted by Gasteiger charge is -2.47. The number of esters is 1. The van der Waals surface area contributed by atoms with Gasteiger partial charge in [-0.25, -0.2) is 4.79 Å². The molecule has 2 saturated heterocycles. The fourth-order valence-corrected chi connectivity index (χ4v) is 3.76. The number of carbonyl (C=O) groups is 2. The predicted molar refractivity (Wildman–Crippen MR) is 72.1 cm³/mol. The zero-order valence-electron chi connectivity index (χ0n) is 11.0. The lowest BCUT2D eigenvalue weighted by molar-refractivity contribution is -0.207. The summed E-state index contributed by atoms with van der Waals surface area (Å²) in [5.74, 6) is -1.02. The van der Waals surface area contributed by atoms with Gasteiger partial charge in [0.1, 0.15) is 6.10 Å². The number of fused-ring (bicyclic) bond motifs is 1. The third-order valence-electron chi connectivity index (χ3n) is 4.64. The van der Waals surface area contributed by atoms with Crippen molar-refractivity contribution in [1.82, 2.24) is 5.32 Å². The quantitative estimate of drug-likeness (QED) is 0.456. The van der Waals surface area contributed by atoms with Crippen LogP contribution in [0.3, 0.4) is 0 Å². The smallest absolute Gasteiger partial charge is 0.339 e. The number of carbonyl (C=O) groups excluding carboxylic acids is 2. The number of hydrogen-bond acceptors (Lipinski definition) is 4. The van der Waals surface area contributed by atoms with Crippen LogP contribution in [0.25, 0.3) is 0 Å². The molecule has 0 radical (unpaired) electrons. The highest BCUT2D eigenvalue weighted by molar-refractivity contribution is 6.18. The molecule has 3 aliphatic rings. The average Bonchev–Trinajstić information content (AvgIpc) is 2.69. The van der Waals surface area contributed by atoms with Crippen molar-refractivity contribution < 1.29 is 19.4 Å². The predicted octanol–water partition coefficient (Wildman–Crippen LogP) is 0.743. The maximum absolute atomic E-state index is 12.0. The summed E-state index contributed by atoms with van der Waals surface area (Å²) in [6.07, 6.45) is 5.65. The van der Waals surface area contributed by atoms with Gasteiger partial charge in [0.05, 0.1) is 12.0 Å². The first-order valence-corrected chi connectivity index (χ1v) is 7.58. The molecule has 2 N–H and O–H groups in total. The van der Waals surface area contributed by atoms with Crippen LogP contribution in [0.1, 0.15) is 25.7 Å². The van der Waals surface area contributed by atoms with Gasteiger partial charge in [-0.1, -0.05) is 12.2 Å². The van der Waals surface area contributed by atoms with Crippen LogP contribution in [0.5, 0.6) is 0 Å². The standard InChI is InChI=1S/C14H18ClNO4/c15-7-6-9-11-14(13(19)20-11,16-12(9)18)10(17)8-4-2-1-3-5-8/h2,4,8-11,17H,1,3,5-7H2,(H,16,18)/t8?,9-,10-,11+,14-/m1/s1. The second kappa shape index (κ2) is 5.04. The molecule has 20 heavy (non-hydrogen) atoms. The highest BCUT2D eigenvalue weighted by Gasteiger charge is 2.72. The number of allylic oxidation sites excluding steroid dienone is 1. The molecule has 2 aliphatic heterocycles. The third-order valence-corrected chi connectivity index (χ3v) is 4.85. The van der Waals surface area contributed by atoms with Crippen molar-refractivity contribution in [1.29, 1.82) is 0 Å². The summed E-state index contributed by atoms with van der Waals surface area (Å²) < 4.78 is 5.15. The van der Waals surface area contributed by atoms with Gasteiger partial charge in [0.2, 0.25) is 11.4 Å². The number of ether oxygens (including phenoxy) is 1. The minimum absolute atomic E-state index is 0.117. The van der Waals surface area contributed by atoms with Gasteiger partial charge in [-0.3, -0.25) is 4.79 Å². The fraction of sp³-hybridized carbons (Fsp3) is 0.714. The Morgan fingerprint density at radius 3 is 2.95 bits per heavy atom. The van der Waals surface area contributed by atoms with E-state index in [-0.39, 0.29) is 11.8 Å². The molecule has 2 fully saturated rings. The molecule has 6 heteroatoms. The second-order valence-corrected chi connectivity index (χ2v) is 6.11. The first-order valence-electron chi connectivity index (χ1n) is 7.05. The lowest BCUT2D eigenvalue weighted by atomic mass is 9.72. The van der Waals surface area contributed by atoms with Crippen LogP contribution in [0, 0.1) is 11.8 Å². The van der Waals surface area contributed by atoms with Crippen molar-refractivity contribution in [2.75, 3.05) is 5.88 Å². The summed E-state index contributed by atoms with van der Waals surface area (Å²) in [4.78, 5) is 24.0. The van der Waals surface area contributed by atoms with Crippen LogP contribution in [-0.2, 0) is 14.3 Å². The normalized spacial score (nSPS) is 40.6. The molecule has 0 saturated carbocycles. The summed E-state index contributed by atoms with van der Waals surface area (Å²) in [5, 5.41) is 13.3. The van der Waals surface area contributed by atoms with Crippen LogP contribution in [0.4, 0.5) is 0 Å². The second-order valence-electron chi connectivity index (χ2n) is 5.74. The Kier molecular flexibility index (Phi) is 3.50. The average molecular weight is 300 g/mol. The van der Waals surface area contributed by atoms with Gasteiger partial charge < -0.3 is 15.2 Å². The highest BCUT2D eigenvalue weighted by Crippen LogP contribution is 2.45. The molecule has 0 aromatic rings. The van der Waals surface area contributed by atoms with Crippen molar-refractivity contribution in [3.8, 4) is 0 Å². The number of nitrogens with one attached hydrogen (secondary N) is 1. The van der Waals surface area contributed by atoms with Crippen LogP contribution < -0.4 is 5.32 Å². The van der Waals surface area contributed by atoms with Gasteiger partial charge in [-0.05, 0) is 25.7 Å². The molecule has 3 rings (SSSR count). The highest BCUT2D eigenvalue weighted by atomic mass is 35.5. The number of amides is 1. The van der Waals surface area contributed by atoms with Gasteiger partial charge in [0.15, 0.2) is 0 Å².